The number of hydrogen-bond donors (Lipinski definition) is 1. The molecule has 0 spiro atoms. The molecule has 126 valence electrons. The van der Waals surface area contributed by atoms with Gasteiger partial charge in [-0.2, -0.15) is 0 Å². The van der Waals surface area contributed by atoms with Crippen LogP contribution >= 0.6 is 0 Å². The maximum absolute atomic E-state index is 13.1. The first kappa shape index (κ1) is 17.3. The van der Waals surface area contributed by atoms with Crippen LogP contribution in [0.25, 0.3) is 0 Å². The van der Waals surface area contributed by atoms with Crippen molar-refractivity contribution in [3.63, 3.8) is 0 Å². The van der Waals surface area contributed by atoms with Crippen LogP contribution in [-0.4, -0.2) is 43.0 Å². The van der Waals surface area contributed by atoms with Gasteiger partial charge in [-0.05, 0) is 38.4 Å². The zero-order chi connectivity index (χ0) is 16.8. The molecule has 1 saturated heterocycles. The molecular weight excluding hydrogens is 306 g/mol. The van der Waals surface area contributed by atoms with Gasteiger partial charge in [0.05, 0.1) is 19.1 Å². The Morgan fingerprint density at radius 1 is 1.35 bits per heavy atom. The molecule has 2 rings (SSSR count). The summed E-state index contributed by atoms with van der Waals surface area (Å²) in [6.45, 7) is 3.36. The van der Waals surface area contributed by atoms with Gasteiger partial charge < -0.3 is 10.1 Å². The Balaban J connectivity index is 1.86. The van der Waals surface area contributed by atoms with E-state index in [1.807, 2.05) is 4.90 Å². The number of nitrogens with one attached hydrogen (secondary N) is 1. The van der Waals surface area contributed by atoms with Crippen molar-refractivity contribution >= 4 is 17.6 Å². The minimum atomic E-state index is -1.01. The zero-order valence-corrected chi connectivity index (χ0v) is 13.0. The van der Waals surface area contributed by atoms with E-state index >= 15 is 0 Å². The van der Waals surface area contributed by atoms with Crippen molar-refractivity contribution in [3.05, 3.63) is 29.8 Å². The predicted molar refractivity (Wildman–Crippen MR) is 80.8 cm³/mol. The van der Waals surface area contributed by atoms with Gasteiger partial charge in [0.25, 0.3) is 0 Å². The van der Waals surface area contributed by atoms with Crippen molar-refractivity contribution in [2.24, 2.45) is 5.92 Å². The van der Waals surface area contributed by atoms with Gasteiger partial charge in [-0.15, -0.1) is 0 Å². The van der Waals surface area contributed by atoms with Gasteiger partial charge >= 0.3 is 5.97 Å². The summed E-state index contributed by atoms with van der Waals surface area (Å²) in [7, 11) is 0. The lowest BCUT2D eigenvalue weighted by molar-refractivity contribution is -0.150. The standard InChI is InChI=1S/C16H20F2N2O3/c1-2-23-16(22)11-4-3-7-20(9-11)10-15(21)19-12-5-6-13(17)14(18)8-12/h5-6,8,11H,2-4,7,9-10H2,1H3,(H,19,21). The highest BCUT2D eigenvalue weighted by Gasteiger charge is 2.27. The lowest BCUT2D eigenvalue weighted by atomic mass is 9.98. The molecule has 0 saturated carbocycles. The Hall–Kier alpha value is -2.02. The fraction of sp³-hybridized carbons (Fsp3) is 0.500. The van der Waals surface area contributed by atoms with Crippen LogP contribution < -0.4 is 5.32 Å². The van der Waals surface area contributed by atoms with Crippen LogP contribution in [0.2, 0.25) is 0 Å². The number of carbonyl (C=O) groups excluding carboxylic acids is 2. The topological polar surface area (TPSA) is 58.6 Å². The van der Waals surface area contributed by atoms with Crippen molar-refractivity contribution in [1.82, 2.24) is 4.90 Å². The number of halogens is 2. The number of amides is 1. The van der Waals surface area contributed by atoms with E-state index in [2.05, 4.69) is 5.32 Å². The first-order chi connectivity index (χ1) is 11.0. The zero-order valence-electron chi connectivity index (χ0n) is 13.0. The molecule has 1 aliphatic rings. The normalized spacial score (nSPS) is 18.5. The van der Waals surface area contributed by atoms with Gasteiger partial charge in [0.2, 0.25) is 5.91 Å². The van der Waals surface area contributed by atoms with Gasteiger partial charge in [0.1, 0.15) is 0 Å². The number of likely N-dealkylation sites (tertiary alicyclic amines) is 1. The van der Waals surface area contributed by atoms with E-state index in [0.717, 1.165) is 25.0 Å². The first-order valence-electron chi connectivity index (χ1n) is 7.63. The molecule has 1 unspecified atom stereocenters. The Labute approximate surface area is 133 Å². The molecule has 7 heteroatoms. The second-order valence-corrected chi connectivity index (χ2v) is 5.50. The molecule has 0 aromatic heterocycles. The summed E-state index contributed by atoms with van der Waals surface area (Å²) in [6, 6.07) is 3.20. The van der Waals surface area contributed by atoms with E-state index in [0.29, 0.717) is 19.7 Å². The number of piperidine rings is 1. The molecule has 0 aliphatic carbocycles. The van der Waals surface area contributed by atoms with Gasteiger partial charge in [0.15, 0.2) is 11.6 Å². The van der Waals surface area contributed by atoms with Crippen molar-refractivity contribution in [1.29, 1.82) is 0 Å². The van der Waals surface area contributed by atoms with Gasteiger partial charge in [-0.25, -0.2) is 8.78 Å². The van der Waals surface area contributed by atoms with Crippen molar-refractivity contribution in [2.45, 2.75) is 19.8 Å². The van der Waals surface area contributed by atoms with E-state index in [9.17, 15) is 18.4 Å². The number of carbonyl (C=O) groups is 2. The first-order valence-corrected chi connectivity index (χ1v) is 7.63. The lowest BCUT2D eigenvalue weighted by Gasteiger charge is -2.30. The van der Waals surface area contributed by atoms with E-state index in [-0.39, 0.29) is 30.0 Å². The van der Waals surface area contributed by atoms with Crippen LogP contribution in [0, 0.1) is 17.6 Å². The third-order valence-electron chi connectivity index (χ3n) is 3.70. The van der Waals surface area contributed by atoms with Crippen LogP contribution in [-0.2, 0) is 14.3 Å². The molecule has 1 heterocycles. The van der Waals surface area contributed by atoms with Crippen LogP contribution in [0.4, 0.5) is 14.5 Å². The largest absolute Gasteiger partial charge is 0.466 e. The molecule has 1 N–H and O–H groups in total. The Morgan fingerprint density at radius 2 is 2.13 bits per heavy atom. The summed E-state index contributed by atoms with van der Waals surface area (Å²) in [5, 5.41) is 2.52. The molecule has 0 bridgehead atoms. The van der Waals surface area contributed by atoms with Crippen LogP contribution in [0.1, 0.15) is 19.8 Å². The molecule has 23 heavy (non-hydrogen) atoms. The van der Waals surface area contributed by atoms with Crippen molar-refractivity contribution in [3.8, 4) is 0 Å². The fourth-order valence-corrected chi connectivity index (χ4v) is 2.63. The molecule has 1 atom stereocenters. The monoisotopic (exact) mass is 326 g/mol. The second-order valence-electron chi connectivity index (χ2n) is 5.50. The van der Waals surface area contributed by atoms with Gasteiger partial charge in [-0.3, -0.25) is 14.5 Å². The highest BCUT2D eigenvalue weighted by Crippen LogP contribution is 2.18. The van der Waals surface area contributed by atoms with Crippen molar-refractivity contribution < 1.29 is 23.1 Å². The van der Waals surface area contributed by atoms with Gasteiger partial charge in [-0.1, -0.05) is 0 Å². The summed E-state index contributed by atoms with van der Waals surface area (Å²) in [5.41, 5.74) is 0.202. The Bertz CT molecular complexity index is 580. The number of anilines is 1. The average molecular weight is 326 g/mol. The summed E-state index contributed by atoms with van der Waals surface area (Å²) >= 11 is 0. The molecule has 1 amide bonds. The maximum Gasteiger partial charge on any atom is 0.310 e. The highest BCUT2D eigenvalue weighted by molar-refractivity contribution is 5.92. The van der Waals surface area contributed by atoms with Crippen LogP contribution in [0.3, 0.4) is 0 Å². The summed E-state index contributed by atoms with van der Waals surface area (Å²) in [4.78, 5) is 25.6. The Kier molecular flexibility index (Phi) is 6.04. The van der Waals surface area contributed by atoms with E-state index < -0.39 is 11.6 Å². The number of hydrogen-bond acceptors (Lipinski definition) is 4. The van der Waals surface area contributed by atoms with Crippen LogP contribution in [0.5, 0.6) is 0 Å². The minimum absolute atomic E-state index is 0.0922. The number of ether oxygens (including phenoxy) is 1. The molecule has 1 aliphatic heterocycles. The lowest BCUT2D eigenvalue weighted by Crippen LogP contribution is -2.43. The summed E-state index contributed by atoms with van der Waals surface area (Å²) in [5.74, 6) is -2.77. The van der Waals surface area contributed by atoms with Gasteiger partial charge in [0, 0.05) is 18.3 Å². The molecule has 5 nitrogen and oxygen atoms in total. The number of rotatable bonds is 5. The molecule has 1 aromatic rings. The van der Waals surface area contributed by atoms with Crippen molar-refractivity contribution in [2.75, 3.05) is 31.6 Å². The quantitative estimate of drug-likeness (QED) is 0.843. The number of esters is 1. The molecule has 1 fully saturated rings. The highest BCUT2D eigenvalue weighted by atomic mass is 19.2. The fourth-order valence-electron chi connectivity index (χ4n) is 2.63. The molecule has 1 aromatic carbocycles. The second kappa shape index (κ2) is 8.01. The Morgan fingerprint density at radius 3 is 2.83 bits per heavy atom. The maximum atomic E-state index is 13.1. The summed E-state index contributed by atoms with van der Waals surface area (Å²) in [6.07, 6.45) is 1.56. The molecule has 0 radical (unpaired) electrons. The number of benzene rings is 1. The van der Waals surface area contributed by atoms with E-state index in [1.54, 1.807) is 6.92 Å². The third-order valence-corrected chi connectivity index (χ3v) is 3.70. The minimum Gasteiger partial charge on any atom is -0.466 e. The third kappa shape index (κ3) is 4.99. The summed E-state index contributed by atoms with van der Waals surface area (Å²) < 4.78 is 31.0. The predicted octanol–water partition coefficient (Wildman–Crippen LogP) is 2.18. The number of nitrogens with zero attached hydrogens (tertiary/aromatic N) is 1. The van der Waals surface area contributed by atoms with E-state index in [4.69, 9.17) is 4.74 Å². The smallest absolute Gasteiger partial charge is 0.310 e. The SMILES string of the molecule is CCOC(=O)C1CCCN(CC(=O)Nc2ccc(F)c(F)c2)C1. The average Bonchev–Trinajstić information content (AvgIpc) is 2.51. The molecular formula is C16H20F2N2O3. The van der Waals surface area contributed by atoms with E-state index in [1.165, 1.54) is 6.07 Å². The van der Waals surface area contributed by atoms with Crippen LogP contribution in [0.15, 0.2) is 18.2 Å².